The molecule has 22 heavy (non-hydrogen) atoms. The van der Waals surface area contributed by atoms with Gasteiger partial charge in [0.05, 0.1) is 5.60 Å². The molecule has 0 bridgehead atoms. The lowest BCUT2D eigenvalue weighted by Crippen LogP contribution is -2.27. The summed E-state index contributed by atoms with van der Waals surface area (Å²) in [5.41, 5.74) is 2.34. The second kappa shape index (κ2) is 7.57. The van der Waals surface area contributed by atoms with E-state index < -0.39 is 11.7 Å². The number of aliphatic hydroxyl groups is 2. The molecule has 2 rings (SSSR count). The summed E-state index contributed by atoms with van der Waals surface area (Å²) in [6.45, 7) is 4.04. The molecule has 0 aliphatic rings. The average Bonchev–Trinajstić information content (AvgIpc) is 2.60. The highest BCUT2D eigenvalue weighted by molar-refractivity contribution is 5.36. The smallest absolute Gasteiger partial charge is 0.104 e. The van der Waals surface area contributed by atoms with Crippen LogP contribution in [0, 0.1) is 0 Å². The molecule has 0 aromatic heterocycles. The van der Waals surface area contributed by atoms with Crippen LogP contribution < -0.4 is 0 Å². The van der Waals surface area contributed by atoms with Gasteiger partial charge in [-0.3, -0.25) is 0 Å². The zero-order valence-corrected chi connectivity index (χ0v) is 13.5. The molecule has 0 amide bonds. The Morgan fingerprint density at radius 3 is 2.14 bits per heavy atom. The Morgan fingerprint density at radius 2 is 1.50 bits per heavy atom. The van der Waals surface area contributed by atoms with E-state index in [0.717, 1.165) is 42.4 Å². The minimum Gasteiger partial charge on any atom is -0.390 e. The van der Waals surface area contributed by atoms with Crippen LogP contribution in [0.25, 0.3) is 0 Å². The van der Waals surface area contributed by atoms with Crippen LogP contribution in [-0.4, -0.2) is 15.8 Å². The van der Waals surface area contributed by atoms with Crippen LogP contribution >= 0.6 is 0 Å². The molecule has 0 aliphatic carbocycles. The van der Waals surface area contributed by atoms with Crippen molar-refractivity contribution in [3.05, 3.63) is 71.3 Å². The lowest BCUT2D eigenvalue weighted by molar-refractivity contribution is 0.0238. The van der Waals surface area contributed by atoms with E-state index in [-0.39, 0.29) is 0 Å². The van der Waals surface area contributed by atoms with Crippen molar-refractivity contribution in [1.82, 2.24) is 0 Å². The van der Waals surface area contributed by atoms with Crippen LogP contribution in [0.5, 0.6) is 0 Å². The van der Waals surface area contributed by atoms with Gasteiger partial charge in [-0.1, -0.05) is 68.4 Å². The Labute approximate surface area is 133 Å². The summed E-state index contributed by atoms with van der Waals surface area (Å²) in [7, 11) is 0. The van der Waals surface area contributed by atoms with Gasteiger partial charge in [0, 0.05) is 0 Å². The molecule has 2 aromatic rings. The number of hydrogen-bond acceptors (Lipinski definition) is 2. The summed E-state index contributed by atoms with van der Waals surface area (Å²) in [6, 6.07) is 17.7. The van der Waals surface area contributed by atoms with E-state index in [1.807, 2.05) is 68.4 Å². The summed E-state index contributed by atoms with van der Waals surface area (Å²) in [6.07, 6.45) is 2.39. The van der Waals surface area contributed by atoms with Gasteiger partial charge < -0.3 is 10.2 Å². The molecule has 2 nitrogen and oxygen atoms in total. The molecule has 0 spiro atoms. The van der Waals surface area contributed by atoms with Gasteiger partial charge in [-0.15, -0.1) is 0 Å². The standard InChI is InChI=1S/C20H26O2/c1-3-20(22,4-2)15-14-16-10-8-9-13-18(16)19(21)17-11-6-5-7-12-17/h5-13,19,21-22H,3-4,14-15H2,1-2H3. The molecule has 0 fully saturated rings. The molecular weight excluding hydrogens is 272 g/mol. The molecule has 0 saturated carbocycles. The molecule has 2 aromatic carbocycles. The van der Waals surface area contributed by atoms with Crippen molar-refractivity contribution in [3.8, 4) is 0 Å². The van der Waals surface area contributed by atoms with E-state index in [1.54, 1.807) is 0 Å². The van der Waals surface area contributed by atoms with Crippen molar-refractivity contribution in [3.63, 3.8) is 0 Å². The topological polar surface area (TPSA) is 40.5 Å². The average molecular weight is 298 g/mol. The summed E-state index contributed by atoms with van der Waals surface area (Å²) in [5.74, 6) is 0. The highest BCUT2D eigenvalue weighted by atomic mass is 16.3. The predicted molar refractivity (Wildman–Crippen MR) is 90.8 cm³/mol. The third-order valence-electron chi connectivity index (χ3n) is 4.64. The van der Waals surface area contributed by atoms with E-state index in [9.17, 15) is 10.2 Å². The molecule has 0 radical (unpaired) electrons. The lowest BCUT2D eigenvalue weighted by Gasteiger charge is -2.26. The van der Waals surface area contributed by atoms with Crippen LogP contribution in [0.4, 0.5) is 0 Å². The molecule has 1 atom stereocenters. The van der Waals surface area contributed by atoms with Crippen LogP contribution in [0.1, 0.15) is 55.9 Å². The number of aryl methyl sites for hydroxylation is 1. The first kappa shape index (κ1) is 16.7. The fraction of sp³-hybridized carbons (Fsp3) is 0.400. The molecular formula is C20H26O2. The SMILES string of the molecule is CCC(O)(CC)CCc1ccccc1C(O)c1ccccc1. The Hall–Kier alpha value is -1.64. The molecule has 0 aliphatic heterocycles. The summed E-state index contributed by atoms with van der Waals surface area (Å²) < 4.78 is 0. The van der Waals surface area contributed by atoms with Gasteiger partial charge in [0.25, 0.3) is 0 Å². The van der Waals surface area contributed by atoms with Crippen LogP contribution in [0.3, 0.4) is 0 Å². The van der Waals surface area contributed by atoms with Gasteiger partial charge in [0.2, 0.25) is 0 Å². The van der Waals surface area contributed by atoms with E-state index in [1.165, 1.54) is 0 Å². The number of benzene rings is 2. The number of aliphatic hydroxyl groups excluding tert-OH is 1. The van der Waals surface area contributed by atoms with Crippen molar-refractivity contribution in [1.29, 1.82) is 0 Å². The van der Waals surface area contributed by atoms with Gasteiger partial charge in [-0.25, -0.2) is 0 Å². The molecule has 0 heterocycles. The van der Waals surface area contributed by atoms with Gasteiger partial charge in [0.1, 0.15) is 6.10 Å². The summed E-state index contributed by atoms with van der Waals surface area (Å²) in [4.78, 5) is 0. The molecule has 0 saturated heterocycles. The maximum atomic E-state index is 10.7. The maximum absolute atomic E-state index is 10.7. The number of rotatable bonds is 7. The Kier molecular flexibility index (Phi) is 5.76. The van der Waals surface area contributed by atoms with E-state index >= 15 is 0 Å². The second-order valence-electron chi connectivity index (χ2n) is 5.94. The van der Waals surface area contributed by atoms with Crippen molar-refractivity contribution >= 4 is 0 Å². The summed E-state index contributed by atoms with van der Waals surface area (Å²) in [5, 5.41) is 21.1. The zero-order valence-electron chi connectivity index (χ0n) is 13.5. The van der Waals surface area contributed by atoms with Gasteiger partial charge >= 0.3 is 0 Å². The van der Waals surface area contributed by atoms with Crippen molar-refractivity contribution in [2.45, 2.75) is 51.2 Å². The zero-order chi connectivity index (χ0) is 16.0. The first-order valence-electron chi connectivity index (χ1n) is 8.13. The Morgan fingerprint density at radius 1 is 0.909 bits per heavy atom. The third-order valence-corrected chi connectivity index (χ3v) is 4.64. The van der Waals surface area contributed by atoms with E-state index in [4.69, 9.17) is 0 Å². The van der Waals surface area contributed by atoms with Crippen molar-refractivity contribution < 1.29 is 10.2 Å². The fourth-order valence-corrected chi connectivity index (χ4v) is 2.81. The molecule has 2 N–H and O–H groups in total. The van der Waals surface area contributed by atoms with E-state index in [2.05, 4.69) is 0 Å². The van der Waals surface area contributed by atoms with Gasteiger partial charge in [0.15, 0.2) is 0 Å². The molecule has 2 heteroatoms. The maximum Gasteiger partial charge on any atom is 0.104 e. The van der Waals surface area contributed by atoms with Crippen LogP contribution in [0.15, 0.2) is 54.6 Å². The monoisotopic (exact) mass is 298 g/mol. The summed E-state index contributed by atoms with van der Waals surface area (Å²) >= 11 is 0. The van der Waals surface area contributed by atoms with Crippen LogP contribution in [-0.2, 0) is 6.42 Å². The largest absolute Gasteiger partial charge is 0.390 e. The minimum atomic E-state index is -0.617. The normalized spacial score (nSPS) is 13.1. The first-order chi connectivity index (χ1) is 10.6. The van der Waals surface area contributed by atoms with E-state index in [0.29, 0.717) is 0 Å². The highest BCUT2D eigenvalue weighted by Gasteiger charge is 2.23. The Balaban J connectivity index is 2.20. The third kappa shape index (κ3) is 3.96. The molecule has 1 unspecified atom stereocenters. The van der Waals surface area contributed by atoms with Gasteiger partial charge in [-0.2, -0.15) is 0 Å². The first-order valence-corrected chi connectivity index (χ1v) is 8.13. The second-order valence-corrected chi connectivity index (χ2v) is 5.94. The van der Waals surface area contributed by atoms with Crippen molar-refractivity contribution in [2.75, 3.05) is 0 Å². The van der Waals surface area contributed by atoms with Gasteiger partial charge in [-0.05, 0) is 42.4 Å². The lowest BCUT2D eigenvalue weighted by atomic mass is 9.87. The minimum absolute atomic E-state index is 0.606. The molecule has 118 valence electrons. The quantitative estimate of drug-likeness (QED) is 0.802. The van der Waals surface area contributed by atoms with Crippen molar-refractivity contribution in [2.24, 2.45) is 0 Å². The highest BCUT2D eigenvalue weighted by Crippen LogP contribution is 2.28. The van der Waals surface area contributed by atoms with Crippen LogP contribution in [0.2, 0.25) is 0 Å². The number of hydrogen-bond donors (Lipinski definition) is 2. The predicted octanol–water partition coefficient (Wildman–Crippen LogP) is 4.25. The fourth-order valence-electron chi connectivity index (χ4n) is 2.81. The Bertz CT molecular complexity index is 573.